The zero-order valence-corrected chi connectivity index (χ0v) is 15.5. The molecule has 130 valence electrons. The van der Waals surface area contributed by atoms with E-state index in [0.29, 0.717) is 11.4 Å². The fourth-order valence-electron chi connectivity index (χ4n) is 2.94. The molecule has 1 aliphatic rings. The first kappa shape index (κ1) is 18.8. The summed E-state index contributed by atoms with van der Waals surface area (Å²) in [5.74, 6) is 0.174. The lowest BCUT2D eigenvalue weighted by atomic mass is 10.1. The summed E-state index contributed by atoms with van der Waals surface area (Å²) in [6, 6.07) is 7.56. The molecular formula is C17H22Cl2N4O. The van der Waals surface area contributed by atoms with Gasteiger partial charge in [-0.15, -0.1) is 12.4 Å². The summed E-state index contributed by atoms with van der Waals surface area (Å²) < 4.78 is 1.88. The van der Waals surface area contributed by atoms with E-state index in [1.165, 1.54) is 0 Å². The molecular weight excluding hydrogens is 347 g/mol. The van der Waals surface area contributed by atoms with E-state index < -0.39 is 0 Å². The minimum absolute atomic E-state index is 0. The normalized spacial score (nSPS) is 14.4. The third kappa shape index (κ3) is 3.91. The molecule has 0 bridgehead atoms. The van der Waals surface area contributed by atoms with Gasteiger partial charge in [-0.3, -0.25) is 4.79 Å². The van der Waals surface area contributed by atoms with Gasteiger partial charge in [0.25, 0.3) is 0 Å². The molecule has 7 heteroatoms. The molecule has 3 rings (SSSR count). The van der Waals surface area contributed by atoms with Crippen LogP contribution in [-0.4, -0.2) is 46.8 Å². The van der Waals surface area contributed by atoms with Crippen molar-refractivity contribution in [3.63, 3.8) is 0 Å². The van der Waals surface area contributed by atoms with Gasteiger partial charge < -0.3 is 10.2 Å². The van der Waals surface area contributed by atoms with Gasteiger partial charge in [0.2, 0.25) is 5.91 Å². The molecule has 0 saturated carbocycles. The number of aromatic nitrogens is 2. The van der Waals surface area contributed by atoms with Crippen LogP contribution in [0.5, 0.6) is 0 Å². The molecule has 2 heterocycles. The number of amides is 1. The molecule has 1 amide bonds. The highest BCUT2D eigenvalue weighted by molar-refractivity contribution is 6.30. The summed E-state index contributed by atoms with van der Waals surface area (Å²) in [6.45, 7) is 7.26. The molecule has 0 spiro atoms. The lowest BCUT2D eigenvalue weighted by Crippen LogP contribution is -2.47. The number of aryl methyl sites for hydroxylation is 1. The number of benzene rings is 1. The van der Waals surface area contributed by atoms with Crippen LogP contribution in [0, 0.1) is 13.8 Å². The second-order valence-corrected chi connectivity index (χ2v) is 6.28. The largest absolute Gasteiger partial charge is 0.340 e. The van der Waals surface area contributed by atoms with Crippen molar-refractivity contribution in [2.24, 2.45) is 0 Å². The van der Waals surface area contributed by atoms with Crippen LogP contribution in [0.1, 0.15) is 17.0 Å². The Hall–Kier alpha value is -1.56. The fraction of sp³-hybridized carbons (Fsp3) is 0.412. The van der Waals surface area contributed by atoms with Gasteiger partial charge in [0.05, 0.1) is 17.8 Å². The number of carbonyl (C=O) groups excluding carboxylic acids is 1. The summed E-state index contributed by atoms with van der Waals surface area (Å²) in [4.78, 5) is 14.4. The summed E-state index contributed by atoms with van der Waals surface area (Å²) in [5.41, 5.74) is 3.88. The number of rotatable bonds is 3. The van der Waals surface area contributed by atoms with Crippen LogP contribution in [-0.2, 0) is 11.2 Å². The smallest absolute Gasteiger partial charge is 0.227 e. The average molecular weight is 369 g/mol. The summed E-state index contributed by atoms with van der Waals surface area (Å²) >= 11 is 5.95. The number of halogens is 2. The number of hydrogen-bond acceptors (Lipinski definition) is 3. The number of piperazine rings is 1. The second-order valence-electron chi connectivity index (χ2n) is 5.85. The van der Waals surface area contributed by atoms with Crippen molar-refractivity contribution in [2.45, 2.75) is 20.3 Å². The molecule has 0 aliphatic carbocycles. The minimum Gasteiger partial charge on any atom is -0.340 e. The van der Waals surface area contributed by atoms with Crippen LogP contribution in [0.3, 0.4) is 0 Å². The molecule has 1 saturated heterocycles. The first-order valence-corrected chi connectivity index (χ1v) is 8.23. The van der Waals surface area contributed by atoms with E-state index in [1.54, 1.807) is 0 Å². The highest BCUT2D eigenvalue weighted by atomic mass is 35.5. The van der Waals surface area contributed by atoms with Gasteiger partial charge in [0, 0.05) is 42.5 Å². The Bertz CT molecular complexity index is 706. The van der Waals surface area contributed by atoms with Crippen LogP contribution in [0.15, 0.2) is 24.3 Å². The van der Waals surface area contributed by atoms with Crippen molar-refractivity contribution in [3.05, 3.63) is 46.2 Å². The molecule has 24 heavy (non-hydrogen) atoms. The van der Waals surface area contributed by atoms with Crippen LogP contribution in [0.4, 0.5) is 0 Å². The summed E-state index contributed by atoms with van der Waals surface area (Å²) in [5, 5.41) is 8.56. The van der Waals surface area contributed by atoms with Crippen molar-refractivity contribution in [3.8, 4) is 5.69 Å². The quantitative estimate of drug-likeness (QED) is 0.905. The first-order valence-electron chi connectivity index (χ1n) is 7.86. The van der Waals surface area contributed by atoms with Gasteiger partial charge >= 0.3 is 0 Å². The molecule has 1 aliphatic heterocycles. The molecule has 0 atom stereocenters. The first-order chi connectivity index (χ1) is 11.1. The van der Waals surface area contributed by atoms with E-state index in [-0.39, 0.29) is 18.3 Å². The van der Waals surface area contributed by atoms with Gasteiger partial charge in [-0.05, 0) is 38.1 Å². The van der Waals surface area contributed by atoms with E-state index in [4.69, 9.17) is 11.6 Å². The third-order valence-electron chi connectivity index (χ3n) is 4.31. The maximum atomic E-state index is 12.5. The Labute approximate surface area is 153 Å². The highest BCUT2D eigenvalue weighted by Crippen LogP contribution is 2.20. The molecule has 1 aromatic carbocycles. The monoisotopic (exact) mass is 368 g/mol. The second kappa shape index (κ2) is 8.01. The van der Waals surface area contributed by atoms with Crippen LogP contribution < -0.4 is 5.32 Å². The lowest BCUT2D eigenvalue weighted by molar-refractivity contribution is -0.131. The molecule has 2 aromatic rings. The van der Waals surface area contributed by atoms with Gasteiger partial charge in [0.1, 0.15) is 0 Å². The molecule has 0 unspecified atom stereocenters. The Kier molecular flexibility index (Phi) is 6.27. The molecule has 1 aromatic heterocycles. The van der Waals surface area contributed by atoms with Crippen molar-refractivity contribution in [1.29, 1.82) is 0 Å². The van der Waals surface area contributed by atoms with E-state index in [2.05, 4.69) is 10.4 Å². The zero-order valence-electron chi connectivity index (χ0n) is 13.9. The molecule has 1 N–H and O–H groups in total. The summed E-state index contributed by atoms with van der Waals surface area (Å²) in [7, 11) is 0. The third-order valence-corrected chi connectivity index (χ3v) is 4.56. The number of nitrogens with one attached hydrogen (secondary N) is 1. The van der Waals surface area contributed by atoms with Crippen molar-refractivity contribution in [1.82, 2.24) is 20.0 Å². The predicted molar refractivity (Wildman–Crippen MR) is 98.4 cm³/mol. The lowest BCUT2D eigenvalue weighted by Gasteiger charge is -2.27. The molecule has 5 nitrogen and oxygen atoms in total. The standard InChI is InChI=1S/C17H21ClN4O.ClH/c1-12-16(11-17(23)21-9-7-19-8-10-21)13(2)22(20-12)15-5-3-14(18)4-6-15;/h3-6,19H,7-11H2,1-2H3;1H. The van der Waals surface area contributed by atoms with Gasteiger partial charge in [-0.25, -0.2) is 4.68 Å². The van der Waals surface area contributed by atoms with Crippen LogP contribution >= 0.6 is 24.0 Å². The summed E-state index contributed by atoms with van der Waals surface area (Å²) in [6.07, 6.45) is 0.408. The van der Waals surface area contributed by atoms with Crippen LogP contribution in [0.2, 0.25) is 5.02 Å². The van der Waals surface area contributed by atoms with Crippen molar-refractivity contribution >= 4 is 29.9 Å². The Balaban J connectivity index is 0.00000208. The average Bonchev–Trinajstić information content (AvgIpc) is 2.84. The van der Waals surface area contributed by atoms with Gasteiger partial charge in [-0.1, -0.05) is 11.6 Å². The Morgan fingerprint density at radius 1 is 1.21 bits per heavy atom. The van der Waals surface area contributed by atoms with Crippen molar-refractivity contribution < 1.29 is 4.79 Å². The number of hydrogen-bond donors (Lipinski definition) is 1. The molecule has 0 radical (unpaired) electrons. The van der Waals surface area contributed by atoms with E-state index in [9.17, 15) is 4.79 Å². The van der Waals surface area contributed by atoms with Crippen molar-refractivity contribution in [2.75, 3.05) is 26.2 Å². The molecule has 1 fully saturated rings. The number of carbonyl (C=O) groups is 1. The van der Waals surface area contributed by atoms with E-state index >= 15 is 0 Å². The van der Waals surface area contributed by atoms with E-state index in [1.807, 2.05) is 47.7 Å². The Morgan fingerprint density at radius 3 is 2.46 bits per heavy atom. The minimum atomic E-state index is 0. The van der Waals surface area contributed by atoms with Crippen LogP contribution in [0.25, 0.3) is 5.69 Å². The highest BCUT2D eigenvalue weighted by Gasteiger charge is 2.21. The topological polar surface area (TPSA) is 50.2 Å². The maximum absolute atomic E-state index is 12.5. The fourth-order valence-corrected chi connectivity index (χ4v) is 3.07. The number of nitrogens with zero attached hydrogens (tertiary/aromatic N) is 3. The Morgan fingerprint density at radius 2 is 1.83 bits per heavy atom. The van der Waals surface area contributed by atoms with Gasteiger partial charge in [0.15, 0.2) is 0 Å². The SMILES string of the molecule is Cc1nn(-c2ccc(Cl)cc2)c(C)c1CC(=O)N1CCNCC1.Cl. The predicted octanol–water partition coefficient (Wildman–Crippen LogP) is 2.54. The van der Waals surface area contributed by atoms with E-state index in [0.717, 1.165) is 48.8 Å². The van der Waals surface area contributed by atoms with Gasteiger partial charge in [-0.2, -0.15) is 5.10 Å². The maximum Gasteiger partial charge on any atom is 0.227 e. The zero-order chi connectivity index (χ0) is 16.4.